The molecular weight excluding hydrogens is 384 g/mol. The van der Waals surface area contributed by atoms with E-state index in [1.807, 2.05) is 84.9 Å². The topological polar surface area (TPSA) is 58.2 Å². The molecule has 0 spiro atoms. The summed E-state index contributed by atoms with van der Waals surface area (Å²) in [6.45, 7) is 0. The number of hydrogen-bond donors (Lipinski definition) is 2. The number of hydrogen-bond acceptors (Lipinski definition) is 2. The maximum Gasteiger partial charge on any atom is 0.236 e. The Labute approximate surface area is 183 Å². The Morgan fingerprint density at radius 2 is 1.23 bits per heavy atom. The van der Waals surface area contributed by atoms with Gasteiger partial charge < -0.3 is 10.6 Å². The van der Waals surface area contributed by atoms with Crippen molar-refractivity contribution < 1.29 is 9.59 Å². The van der Waals surface area contributed by atoms with Gasteiger partial charge in [0, 0.05) is 17.3 Å². The van der Waals surface area contributed by atoms with Crippen molar-refractivity contribution in [3.63, 3.8) is 0 Å². The van der Waals surface area contributed by atoms with E-state index < -0.39 is 5.92 Å². The average molecular weight is 413 g/mol. The predicted octanol–water partition coefficient (Wildman–Crippen LogP) is 5.98. The molecule has 0 radical (unpaired) electrons. The molecule has 1 saturated carbocycles. The van der Waals surface area contributed by atoms with E-state index in [9.17, 15) is 9.59 Å². The molecule has 1 aliphatic rings. The van der Waals surface area contributed by atoms with Crippen LogP contribution in [0.3, 0.4) is 0 Å². The van der Waals surface area contributed by atoms with Crippen LogP contribution in [-0.4, -0.2) is 11.8 Å². The van der Waals surface area contributed by atoms with E-state index in [4.69, 9.17) is 0 Å². The Morgan fingerprint density at radius 1 is 0.677 bits per heavy atom. The SMILES string of the molecule is O=C(Nc1cccc(NC(=O)C(c2ccccc2)c2ccccc2)c1)C1CCCCC1. The third-order valence-electron chi connectivity index (χ3n) is 5.90. The van der Waals surface area contributed by atoms with Crippen molar-refractivity contribution in [2.75, 3.05) is 10.6 Å². The Balaban J connectivity index is 1.50. The fourth-order valence-electron chi connectivity index (χ4n) is 4.28. The lowest BCUT2D eigenvalue weighted by Gasteiger charge is -2.21. The second-order valence-electron chi connectivity index (χ2n) is 8.15. The minimum absolute atomic E-state index is 0.0784. The highest BCUT2D eigenvalue weighted by molar-refractivity contribution is 5.99. The Bertz CT molecular complexity index is 972. The molecule has 0 saturated heterocycles. The molecule has 0 unspecified atom stereocenters. The molecule has 0 atom stereocenters. The number of carbonyl (C=O) groups is 2. The van der Waals surface area contributed by atoms with Crippen LogP contribution in [0.5, 0.6) is 0 Å². The molecule has 0 aliphatic heterocycles. The number of amides is 2. The molecule has 4 heteroatoms. The summed E-state index contributed by atoms with van der Waals surface area (Å²) < 4.78 is 0. The number of benzene rings is 3. The lowest BCUT2D eigenvalue weighted by Crippen LogP contribution is -2.25. The average Bonchev–Trinajstić information content (AvgIpc) is 2.81. The Morgan fingerprint density at radius 3 is 1.81 bits per heavy atom. The minimum atomic E-state index is -0.414. The summed E-state index contributed by atoms with van der Waals surface area (Å²) in [6, 6.07) is 26.9. The molecule has 158 valence electrons. The number of rotatable bonds is 6. The maximum atomic E-state index is 13.3. The first-order valence-corrected chi connectivity index (χ1v) is 11.0. The standard InChI is InChI=1S/C27H28N2O2/c30-26(22-15-8-3-9-16-22)28-23-17-10-18-24(19-23)29-27(31)25(20-11-4-1-5-12-20)21-13-6-2-7-14-21/h1-2,4-7,10-14,17-19,22,25H,3,8-9,15-16H2,(H,28,30)(H,29,31). The second-order valence-corrected chi connectivity index (χ2v) is 8.15. The summed E-state index contributed by atoms with van der Waals surface area (Å²) in [5, 5.41) is 6.07. The van der Waals surface area contributed by atoms with Crippen LogP contribution < -0.4 is 10.6 Å². The van der Waals surface area contributed by atoms with Crippen LogP contribution in [0, 0.1) is 5.92 Å². The van der Waals surface area contributed by atoms with Gasteiger partial charge in [-0.2, -0.15) is 0 Å². The third-order valence-corrected chi connectivity index (χ3v) is 5.90. The van der Waals surface area contributed by atoms with Crippen molar-refractivity contribution in [2.24, 2.45) is 5.92 Å². The number of carbonyl (C=O) groups excluding carboxylic acids is 2. The summed E-state index contributed by atoms with van der Waals surface area (Å²) in [6.07, 6.45) is 5.37. The molecule has 1 aliphatic carbocycles. The Kier molecular flexibility index (Phi) is 6.78. The van der Waals surface area contributed by atoms with Gasteiger partial charge in [-0.3, -0.25) is 9.59 Å². The van der Waals surface area contributed by atoms with Gasteiger partial charge in [0.05, 0.1) is 5.92 Å². The number of nitrogens with one attached hydrogen (secondary N) is 2. The van der Waals surface area contributed by atoms with Crippen LogP contribution in [0.1, 0.15) is 49.1 Å². The fourth-order valence-corrected chi connectivity index (χ4v) is 4.28. The van der Waals surface area contributed by atoms with Crippen molar-refractivity contribution in [2.45, 2.75) is 38.0 Å². The van der Waals surface area contributed by atoms with Crippen LogP contribution in [0.4, 0.5) is 11.4 Å². The van der Waals surface area contributed by atoms with Gasteiger partial charge in [0.1, 0.15) is 0 Å². The molecule has 4 nitrogen and oxygen atoms in total. The maximum absolute atomic E-state index is 13.3. The van der Waals surface area contributed by atoms with Gasteiger partial charge in [-0.05, 0) is 42.2 Å². The molecule has 0 bridgehead atoms. The summed E-state index contributed by atoms with van der Waals surface area (Å²) in [5.74, 6) is -0.349. The van der Waals surface area contributed by atoms with Gasteiger partial charge in [-0.25, -0.2) is 0 Å². The molecule has 2 N–H and O–H groups in total. The van der Waals surface area contributed by atoms with Crippen LogP contribution in [-0.2, 0) is 9.59 Å². The molecule has 0 heterocycles. The quantitative estimate of drug-likeness (QED) is 0.523. The highest BCUT2D eigenvalue weighted by Crippen LogP contribution is 2.28. The number of anilines is 2. The highest BCUT2D eigenvalue weighted by Gasteiger charge is 2.23. The predicted molar refractivity (Wildman–Crippen MR) is 125 cm³/mol. The smallest absolute Gasteiger partial charge is 0.236 e. The Hall–Kier alpha value is -3.40. The van der Waals surface area contributed by atoms with Crippen LogP contribution in [0.25, 0.3) is 0 Å². The zero-order chi connectivity index (χ0) is 21.5. The minimum Gasteiger partial charge on any atom is -0.326 e. The van der Waals surface area contributed by atoms with E-state index >= 15 is 0 Å². The fraction of sp³-hybridized carbons (Fsp3) is 0.259. The highest BCUT2D eigenvalue weighted by atomic mass is 16.2. The third kappa shape index (κ3) is 5.40. The second kappa shape index (κ2) is 10.1. The summed E-state index contributed by atoms with van der Waals surface area (Å²) >= 11 is 0. The monoisotopic (exact) mass is 412 g/mol. The first-order chi connectivity index (χ1) is 15.2. The summed E-state index contributed by atoms with van der Waals surface area (Å²) in [7, 11) is 0. The van der Waals surface area contributed by atoms with Gasteiger partial charge in [-0.15, -0.1) is 0 Å². The van der Waals surface area contributed by atoms with Crippen molar-refractivity contribution in [3.8, 4) is 0 Å². The normalized spacial score (nSPS) is 14.2. The zero-order valence-electron chi connectivity index (χ0n) is 17.6. The molecule has 3 aromatic carbocycles. The summed E-state index contributed by atoms with van der Waals surface area (Å²) in [5.41, 5.74) is 3.26. The molecule has 31 heavy (non-hydrogen) atoms. The molecule has 1 fully saturated rings. The van der Waals surface area contributed by atoms with E-state index in [0.717, 1.165) is 36.8 Å². The van der Waals surface area contributed by atoms with E-state index in [1.165, 1.54) is 6.42 Å². The van der Waals surface area contributed by atoms with Gasteiger partial charge in [0.2, 0.25) is 11.8 Å². The zero-order valence-corrected chi connectivity index (χ0v) is 17.6. The molecule has 0 aromatic heterocycles. The van der Waals surface area contributed by atoms with Crippen molar-refractivity contribution in [1.82, 2.24) is 0 Å². The summed E-state index contributed by atoms with van der Waals surface area (Å²) in [4.78, 5) is 25.9. The lowest BCUT2D eigenvalue weighted by atomic mass is 9.88. The molecule has 3 aromatic rings. The van der Waals surface area contributed by atoms with Crippen molar-refractivity contribution in [3.05, 3.63) is 96.1 Å². The van der Waals surface area contributed by atoms with Gasteiger partial charge >= 0.3 is 0 Å². The van der Waals surface area contributed by atoms with Crippen LogP contribution in [0.15, 0.2) is 84.9 Å². The van der Waals surface area contributed by atoms with Gasteiger partial charge in [-0.1, -0.05) is 86.0 Å². The van der Waals surface area contributed by atoms with Crippen molar-refractivity contribution >= 4 is 23.2 Å². The molecular formula is C27H28N2O2. The van der Waals surface area contributed by atoms with Gasteiger partial charge in [0.25, 0.3) is 0 Å². The first kappa shape index (κ1) is 20.9. The van der Waals surface area contributed by atoms with E-state index in [0.29, 0.717) is 11.4 Å². The van der Waals surface area contributed by atoms with Gasteiger partial charge in [0.15, 0.2) is 0 Å². The largest absolute Gasteiger partial charge is 0.326 e. The van der Waals surface area contributed by atoms with Crippen LogP contribution >= 0.6 is 0 Å². The van der Waals surface area contributed by atoms with Crippen LogP contribution in [0.2, 0.25) is 0 Å². The van der Waals surface area contributed by atoms with E-state index in [1.54, 1.807) is 0 Å². The molecule has 4 rings (SSSR count). The molecule has 2 amide bonds. The first-order valence-electron chi connectivity index (χ1n) is 11.0. The lowest BCUT2D eigenvalue weighted by molar-refractivity contribution is -0.120. The van der Waals surface area contributed by atoms with E-state index in [-0.39, 0.29) is 17.7 Å². The van der Waals surface area contributed by atoms with Crippen molar-refractivity contribution in [1.29, 1.82) is 0 Å². The van der Waals surface area contributed by atoms with E-state index in [2.05, 4.69) is 10.6 Å².